The molecule has 0 spiro atoms. The maximum absolute atomic E-state index is 15.1. The van der Waals surface area contributed by atoms with Crippen molar-refractivity contribution in [2.24, 2.45) is 0 Å². The molecule has 0 radical (unpaired) electrons. The summed E-state index contributed by atoms with van der Waals surface area (Å²) in [6.45, 7) is 3.66. The summed E-state index contributed by atoms with van der Waals surface area (Å²) in [5.41, 5.74) is 3.00. The number of amides is 1. The van der Waals surface area contributed by atoms with Gasteiger partial charge in [-0.2, -0.15) is 0 Å². The minimum atomic E-state index is -1.19. The number of hydrogen-bond acceptors (Lipinski definition) is 7. The van der Waals surface area contributed by atoms with Crippen molar-refractivity contribution in [3.63, 3.8) is 0 Å². The van der Waals surface area contributed by atoms with Crippen molar-refractivity contribution >= 4 is 45.7 Å². The Kier molecular flexibility index (Phi) is 6.90. The van der Waals surface area contributed by atoms with Crippen molar-refractivity contribution in [1.82, 2.24) is 10.2 Å². The number of anilines is 1. The number of halogens is 1. The molecule has 186 valence electrons. The van der Waals surface area contributed by atoms with Gasteiger partial charge < -0.3 is 5.11 Å². The van der Waals surface area contributed by atoms with Gasteiger partial charge in [0.2, 0.25) is 5.13 Å². The fourth-order valence-corrected chi connectivity index (χ4v) is 6.06. The van der Waals surface area contributed by atoms with E-state index >= 15 is 4.39 Å². The molecule has 1 aliphatic rings. The van der Waals surface area contributed by atoms with Crippen molar-refractivity contribution in [3.8, 4) is 0 Å². The summed E-state index contributed by atoms with van der Waals surface area (Å²) in [7, 11) is 0. The number of rotatable bonds is 6. The maximum Gasteiger partial charge on any atom is 0.301 e. The second-order valence-electron chi connectivity index (χ2n) is 8.63. The van der Waals surface area contributed by atoms with E-state index in [0.29, 0.717) is 15.7 Å². The van der Waals surface area contributed by atoms with Gasteiger partial charge in [0.05, 0.1) is 5.57 Å². The smallest absolute Gasteiger partial charge is 0.301 e. The van der Waals surface area contributed by atoms with Gasteiger partial charge in [0.25, 0.3) is 5.78 Å². The Hall–Kier alpha value is -3.82. The molecule has 1 fully saturated rings. The first-order chi connectivity index (χ1) is 17.8. The molecule has 1 amide bonds. The average molecular weight is 532 g/mol. The SMILES string of the molecule is Cc1ccc(C)c(C(O)=C2C(=O)C(=O)N(c3nnc(SCc4ccccc4)s3)C2c2ccccc2F)c1. The zero-order chi connectivity index (χ0) is 26.1. The van der Waals surface area contributed by atoms with Crippen molar-refractivity contribution in [3.05, 3.63) is 112 Å². The van der Waals surface area contributed by atoms with Crippen molar-refractivity contribution in [1.29, 1.82) is 0 Å². The minimum Gasteiger partial charge on any atom is -0.507 e. The van der Waals surface area contributed by atoms with Crippen LogP contribution in [0.15, 0.2) is 82.7 Å². The first kappa shape index (κ1) is 24.9. The lowest BCUT2D eigenvalue weighted by Gasteiger charge is -2.23. The van der Waals surface area contributed by atoms with Crippen LogP contribution < -0.4 is 4.90 Å². The fourth-order valence-electron chi connectivity index (χ4n) is 4.23. The largest absolute Gasteiger partial charge is 0.507 e. The zero-order valence-electron chi connectivity index (χ0n) is 20.0. The summed E-state index contributed by atoms with van der Waals surface area (Å²) in [6.07, 6.45) is 0. The number of carbonyl (C=O) groups excluding carboxylic acids is 2. The number of hydrogen-bond donors (Lipinski definition) is 1. The van der Waals surface area contributed by atoms with Crippen LogP contribution >= 0.6 is 23.1 Å². The van der Waals surface area contributed by atoms with Crippen LogP contribution in [-0.2, 0) is 15.3 Å². The second-order valence-corrected chi connectivity index (χ2v) is 10.8. The molecular formula is C28H22FN3O3S2. The molecule has 0 bridgehead atoms. The van der Waals surface area contributed by atoms with Crippen LogP contribution in [0.3, 0.4) is 0 Å². The molecule has 1 aromatic heterocycles. The molecule has 1 atom stereocenters. The third kappa shape index (κ3) is 4.80. The van der Waals surface area contributed by atoms with Gasteiger partial charge in [-0.3, -0.25) is 14.5 Å². The molecule has 2 heterocycles. The van der Waals surface area contributed by atoms with E-state index in [1.165, 1.54) is 30.0 Å². The summed E-state index contributed by atoms with van der Waals surface area (Å²) in [5.74, 6) is -2.10. The van der Waals surface area contributed by atoms with E-state index in [0.717, 1.165) is 32.9 Å². The van der Waals surface area contributed by atoms with E-state index in [9.17, 15) is 14.7 Å². The molecule has 0 saturated carbocycles. The Morgan fingerprint density at radius 1 is 1.03 bits per heavy atom. The Labute approximate surface area is 221 Å². The molecule has 1 saturated heterocycles. The number of aromatic nitrogens is 2. The standard InChI is InChI=1S/C28H22FN3O3S2/c1-16-12-13-17(2)20(14-16)24(33)22-23(19-10-6-7-11-21(19)29)32(26(35)25(22)34)27-30-31-28(37-27)36-15-18-8-4-3-5-9-18/h3-14,23,33H,15H2,1-2H3. The van der Waals surface area contributed by atoms with Gasteiger partial charge in [-0.15, -0.1) is 10.2 Å². The van der Waals surface area contributed by atoms with E-state index in [1.807, 2.05) is 49.4 Å². The Morgan fingerprint density at radius 3 is 2.51 bits per heavy atom. The highest BCUT2D eigenvalue weighted by atomic mass is 32.2. The summed E-state index contributed by atoms with van der Waals surface area (Å²) < 4.78 is 15.7. The van der Waals surface area contributed by atoms with Crippen LogP contribution in [-0.4, -0.2) is 27.0 Å². The number of carbonyl (C=O) groups is 2. The molecule has 9 heteroatoms. The third-order valence-corrected chi connectivity index (χ3v) is 8.23. The van der Waals surface area contributed by atoms with Crippen molar-refractivity contribution < 1.29 is 19.1 Å². The van der Waals surface area contributed by atoms with Crippen LogP contribution in [0.5, 0.6) is 0 Å². The maximum atomic E-state index is 15.1. The van der Waals surface area contributed by atoms with Gasteiger partial charge in [-0.05, 0) is 37.1 Å². The van der Waals surface area contributed by atoms with Gasteiger partial charge in [-0.1, -0.05) is 89.3 Å². The van der Waals surface area contributed by atoms with Crippen LogP contribution in [0.2, 0.25) is 0 Å². The van der Waals surface area contributed by atoms with Gasteiger partial charge in [-0.25, -0.2) is 4.39 Å². The molecule has 5 rings (SSSR count). The first-order valence-corrected chi connectivity index (χ1v) is 13.3. The number of nitrogens with zero attached hydrogens (tertiary/aromatic N) is 3. The summed E-state index contributed by atoms with van der Waals surface area (Å²) in [6, 6.07) is 20.0. The Bertz CT molecular complexity index is 1530. The van der Waals surface area contributed by atoms with Crippen LogP contribution in [0.1, 0.15) is 33.9 Å². The number of benzene rings is 3. The Balaban J connectivity index is 1.59. The quantitative estimate of drug-likeness (QED) is 0.105. The highest BCUT2D eigenvalue weighted by molar-refractivity contribution is 8.00. The van der Waals surface area contributed by atoms with Crippen molar-refractivity contribution in [2.75, 3.05) is 4.90 Å². The van der Waals surface area contributed by atoms with E-state index in [2.05, 4.69) is 10.2 Å². The van der Waals surface area contributed by atoms with E-state index < -0.39 is 23.5 Å². The summed E-state index contributed by atoms with van der Waals surface area (Å²) in [5, 5.41) is 19.9. The van der Waals surface area contributed by atoms with Crippen LogP contribution in [0.4, 0.5) is 9.52 Å². The monoisotopic (exact) mass is 531 g/mol. The number of aryl methyl sites for hydroxylation is 2. The molecule has 1 aliphatic heterocycles. The second kappa shape index (κ2) is 10.3. The molecule has 4 aromatic rings. The number of ketones is 1. The molecule has 6 nitrogen and oxygen atoms in total. The van der Waals surface area contributed by atoms with Gasteiger partial charge in [0.15, 0.2) is 4.34 Å². The average Bonchev–Trinajstić information content (AvgIpc) is 3.47. The molecule has 1 unspecified atom stereocenters. The zero-order valence-corrected chi connectivity index (χ0v) is 21.6. The van der Waals surface area contributed by atoms with E-state index in [4.69, 9.17) is 0 Å². The van der Waals surface area contributed by atoms with Gasteiger partial charge in [0, 0.05) is 16.9 Å². The minimum absolute atomic E-state index is 0.0854. The molecule has 1 N–H and O–H groups in total. The lowest BCUT2D eigenvalue weighted by Crippen LogP contribution is -2.29. The van der Waals surface area contributed by atoms with Gasteiger partial charge in [0.1, 0.15) is 17.6 Å². The van der Waals surface area contributed by atoms with E-state index in [-0.39, 0.29) is 22.0 Å². The lowest BCUT2D eigenvalue weighted by molar-refractivity contribution is -0.132. The highest BCUT2D eigenvalue weighted by Gasteiger charge is 2.49. The fraction of sp³-hybridized carbons (Fsp3) is 0.143. The number of thioether (sulfide) groups is 1. The third-order valence-electron chi connectivity index (χ3n) is 6.10. The normalized spacial score (nSPS) is 16.9. The molecular weight excluding hydrogens is 509 g/mol. The first-order valence-electron chi connectivity index (χ1n) is 11.5. The number of aliphatic hydroxyl groups is 1. The van der Waals surface area contributed by atoms with Crippen LogP contribution in [0.25, 0.3) is 5.76 Å². The molecule has 3 aromatic carbocycles. The van der Waals surface area contributed by atoms with Crippen molar-refractivity contribution in [2.45, 2.75) is 30.0 Å². The summed E-state index contributed by atoms with van der Waals surface area (Å²) >= 11 is 2.59. The summed E-state index contributed by atoms with van der Waals surface area (Å²) in [4.78, 5) is 27.8. The lowest BCUT2D eigenvalue weighted by atomic mass is 9.93. The topological polar surface area (TPSA) is 83.4 Å². The predicted octanol–water partition coefficient (Wildman–Crippen LogP) is 6.21. The van der Waals surface area contributed by atoms with E-state index in [1.54, 1.807) is 19.1 Å². The Morgan fingerprint density at radius 2 is 1.76 bits per heavy atom. The molecule has 37 heavy (non-hydrogen) atoms. The predicted molar refractivity (Wildman–Crippen MR) is 143 cm³/mol. The highest BCUT2D eigenvalue weighted by Crippen LogP contribution is 2.45. The number of aliphatic hydroxyl groups excluding tert-OH is 1. The molecule has 0 aliphatic carbocycles. The van der Waals surface area contributed by atoms with Crippen LogP contribution in [0, 0.1) is 19.7 Å². The number of Topliss-reactive ketones (excluding diaryl/α,β-unsaturated/α-hetero) is 1. The van der Waals surface area contributed by atoms with Gasteiger partial charge >= 0.3 is 5.91 Å².